The summed E-state index contributed by atoms with van der Waals surface area (Å²) >= 11 is 0. The molecule has 0 aliphatic carbocycles. The Hall–Kier alpha value is -1.78. The minimum absolute atomic E-state index is 0.0349. The van der Waals surface area contributed by atoms with Gasteiger partial charge in [0, 0.05) is 12.7 Å². The van der Waals surface area contributed by atoms with Crippen LogP contribution in [0.1, 0.15) is 12.2 Å². The van der Waals surface area contributed by atoms with E-state index in [9.17, 15) is 8.42 Å². The molecule has 2 aromatic heterocycles. The lowest BCUT2D eigenvalue weighted by molar-refractivity contribution is 0.409. The highest BCUT2D eigenvalue weighted by Crippen LogP contribution is 2.07. The van der Waals surface area contributed by atoms with E-state index >= 15 is 0 Å². The maximum atomic E-state index is 11.9. The van der Waals surface area contributed by atoms with Crippen molar-refractivity contribution in [2.24, 2.45) is 5.73 Å². The fraction of sp³-hybridized carbons (Fsp3) is 0.444. The third kappa shape index (κ3) is 3.59. The summed E-state index contributed by atoms with van der Waals surface area (Å²) in [5.41, 5.74) is 5.38. The average molecular weight is 286 g/mol. The summed E-state index contributed by atoms with van der Waals surface area (Å²) in [4.78, 5) is 3.81. The van der Waals surface area contributed by atoms with Crippen molar-refractivity contribution in [2.75, 3.05) is 6.54 Å². The van der Waals surface area contributed by atoms with Crippen LogP contribution >= 0.6 is 0 Å². The number of rotatable bonds is 7. The van der Waals surface area contributed by atoms with E-state index in [4.69, 9.17) is 5.73 Å². The van der Waals surface area contributed by atoms with Gasteiger partial charge in [0.2, 0.25) is 16.4 Å². The molecule has 0 radical (unpaired) electrons. The largest absolute Gasteiger partial charge is 0.343 e. The minimum atomic E-state index is -3.63. The maximum Gasteiger partial charge on any atom is 0.244 e. The number of nitrogens with one attached hydrogen (secondary N) is 1. The molecule has 2 heterocycles. The van der Waals surface area contributed by atoms with Crippen molar-refractivity contribution >= 4 is 10.0 Å². The van der Waals surface area contributed by atoms with Gasteiger partial charge >= 0.3 is 0 Å². The molecule has 0 atom stereocenters. The number of hydrogen-bond donors (Lipinski definition) is 2. The Balaban J connectivity index is 2.00. The first kappa shape index (κ1) is 13.6. The molecule has 0 fully saturated rings. The van der Waals surface area contributed by atoms with Crippen molar-refractivity contribution in [1.82, 2.24) is 24.6 Å². The molecular weight excluding hydrogens is 272 g/mol. The Morgan fingerprint density at radius 2 is 2.32 bits per heavy atom. The van der Waals surface area contributed by atoms with Gasteiger partial charge in [0.1, 0.15) is 4.90 Å². The van der Waals surface area contributed by atoms with Crippen LogP contribution in [-0.4, -0.2) is 34.9 Å². The van der Waals surface area contributed by atoms with Gasteiger partial charge in [-0.25, -0.2) is 13.1 Å². The summed E-state index contributed by atoms with van der Waals surface area (Å²) in [6.07, 6.45) is 4.61. The molecule has 10 heteroatoms. The van der Waals surface area contributed by atoms with Gasteiger partial charge in [-0.05, 0) is 13.0 Å². The Labute approximate surface area is 109 Å². The molecule has 0 spiro atoms. The highest BCUT2D eigenvalue weighted by Gasteiger charge is 2.17. The van der Waals surface area contributed by atoms with Crippen molar-refractivity contribution < 1.29 is 12.9 Å². The normalized spacial score (nSPS) is 11.8. The fourth-order valence-corrected chi connectivity index (χ4v) is 2.30. The van der Waals surface area contributed by atoms with Crippen LogP contribution in [0.5, 0.6) is 0 Å². The lowest BCUT2D eigenvalue weighted by Crippen LogP contribution is -2.23. The Morgan fingerprint density at radius 3 is 3.00 bits per heavy atom. The van der Waals surface area contributed by atoms with Crippen LogP contribution in [0.2, 0.25) is 0 Å². The summed E-state index contributed by atoms with van der Waals surface area (Å²) in [5.74, 6) is 0.263. The van der Waals surface area contributed by atoms with E-state index in [0.29, 0.717) is 13.1 Å². The predicted molar refractivity (Wildman–Crippen MR) is 64.2 cm³/mol. The summed E-state index contributed by atoms with van der Waals surface area (Å²) in [7, 11) is -3.63. The highest BCUT2D eigenvalue weighted by molar-refractivity contribution is 7.89. The van der Waals surface area contributed by atoms with Crippen molar-refractivity contribution in [3.8, 4) is 0 Å². The van der Waals surface area contributed by atoms with E-state index < -0.39 is 10.0 Å². The molecule has 104 valence electrons. The summed E-state index contributed by atoms with van der Waals surface area (Å²) in [5, 5.41) is 7.47. The van der Waals surface area contributed by atoms with Crippen molar-refractivity contribution in [1.29, 1.82) is 0 Å². The first-order chi connectivity index (χ1) is 9.12. The Bertz CT molecular complexity index is 606. The number of hydrogen-bond acceptors (Lipinski definition) is 7. The van der Waals surface area contributed by atoms with Gasteiger partial charge in [-0.1, -0.05) is 5.16 Å². The molecule has 0 aromatic carbocycles. The second kappa shape index (κ2) is 5.91. The van der Waals surface area contributed by atoms with Gasteiger partial charge in [-0.2, -0.15) is 10.1 Å². The lowest BCUT2D eigenvalue weighted by atomic mass is 10.4. The molecule has 0 unspecified atom stereocenters. The zero-order valence-corrected chi connectivity index (χ0v) is 10.9. The summed E-state index contributed by atoms with van der Waals surface area (Å²) in [6.45, 7) is 1.07. The third-order valence-corrected chi connectivity index (χ3v) is 3.69. The number of aromatic nitrogens is 4. The average Bonchev–Trinajstić information content (AvgIpc) is 3.05. The second-order valence-electron chi connectivity index (χ2n) is 3.75. The van der Waals surface area contributed by atoms with Gasteiger partial charge < -0.3 is 10.3 Å². The van der Waals surface area contributed by atoms with E-state index in [0.717, 1.165) is 12.8 Å². The van der Waals surface area contributed by atoms with Crippen molar-refractivity contribution in [3.05, 3.63) is 24.6 Å². The Kier molecular flexibility index (Phi) is 4.24. The van der Waals surface area contributed by atoms with Gasteiger partial charge in [0.15, 0.2) is 5.82 Å². The van der Waals surface area contributed by atoms with Crippen molar-refractivity contribution in [3.63, 3.8) is 0 Å². The monoisotopic (exact) mass is 286 g/mol. The second-order valence-corrected chi connectivity index (χ2v) is 5.52. The maximum absolute atomic E-state index is 11.9. The molecule has 0 bridgehead atoms. The molecule has 19 heavy (non-hydrogen) atoms. The number of sulfonamides is 1. The van der Waals surface area contributed by atoms with Gasteiger partial charge in [-0.15, -0.1) is 0 Å². The minimum Gasteiger partial charge on any atom is -0.343 e. The van der Waals surface area contributed by atoms with Crippen LogP contribution in [-0.2, 0) is 23.1 Å². The quantitative estimate of drug-likeness (QED) is 0.674. The van der Waals surface area contributed by atoms with E-state index in [2.05, 4.69) is 24.5 Å². The molecule has 0 amide bonds. The Morgan fingerprint density at radius 1 is 1.47 bits per heavy atom. The van der Waals surface area contributed by atoms with E-state index in [1.165, 1.54) is 17.1 Å². The molecule has 0 aliphatic rings. The molecule has 2 aromatic rings. The topological polar surface area (TPSA) is 129 Å². The van der Waals surface area contributed by atoms with E-state index in [1.807, 2.05) is 0 Å². The number of nitrogens with two attached hydrogens (primary N) is 1. The van der Waals surface area contributed by atoms with Gasteiger partial charge in [-0.3, -0.25) is 4.68 Å². The van der Waals surface area contributed by atoms with Crippen molar-refractivity contribution in [2.45, 2.75) is 24.4 Å². The zero-order valence-electron chi connectivity index (χ0n) is 10.1. The van der Waals surface area contributed by atoms with Crippen LogP contribution < -0.4 is 10.5 Å². The summed E-state index contributed by atoms with van der Waals surface area (Å²) in [6, 6.07) is 0. The molecule has 9 nitrogen and oxygen atoms in total. The molecule has 0 saturated carbocycles. The third-order valence-electron chi connectivity index (χ3n) is 2.34. The molecule has 2 rings (SSSR count). The first-order valence-corrected chi connectivity index (χ1v) is 7.07. The van der Waals surface area contributed by atoms with E-state index in [-0.39, 0.29) is 17.3 Å². The van der Waals surface area contributed by atoms with Crippen LogP contribution in [0.15, 0.2) is 28.2 Å². The van der Waals surface area contributed by atoms with E-state index in [1.54, 1.807) is 0 Å². The molecular formula is C9H14N6O3S. The fourth-order valence-electron chi connectivity index (χ4n) is 1.37. The van der Waals surface area contributed by atoms with Gasteiger partial charge in [0.05, 0.1) is 12.7 Å². The predicted octanol–water partition coefficient (Wildman–Crippen LogP) is -0.907. The standard InChI is InChI=1S/C9H14N6O3S/c10-2-1-3-15-6-8(4-12-15)19(16,17)13-5-9-11-7-18-14-9/h4,6-7,13H,1-3,5,10H2. The first-order valence-electron chi connectivity index (χ1n) is 5.59. The molecule has 3 N–H and O–H groups in total. The smallest absolute Gasteiger partial charge is 0.244 e. The summed E-state index contributed by atoms with van der Waals surface area (Å²) < 4.78 is 32.3. The van der Waals surface area contributed by atoms with Crippen LogP contribution in [0, 0.1) is 0 Å². The number of aryl methyl sites for hydroxylation is 1. The highest BCUT2D eigenvalue weighted by atomic mass is 32.2. The SMILES string of the molecule is NCCCn1cc(S(=O)(=O)NCc2ncon2)cn1. The van der Waals surface area contributed by atoms with Gasteiger partial charge in [0.25, 0.3) is 0 Å². The zero-order chi connectivity index (χ0) is 13.7. The molecule has 0 aliphatic heterocycles. The number of nitrogens with zero attached hydrogens (tertiary/aromatic N) is 4. The molecule has 0 saturated heterocycles. The van der Waals surface area contributed by atoms with Crippen LogP contribution in [0.3, 0.4) is 0 Å². The van der Waals surface area contributed by atoms with Crippen LogP contribution in [0.25, 0.3) is 0 Å². The van der Waals surface area contributed by atoms with Crippen LogP contribution in [0.4, 0.5) is 0 Å². The lowest BCUT2D eigenvalue weighted by Gasteiger charge is -2.01.